The van der Waals surface area contributed by atoms with Gasteiger partial charge in [-0.05, 0) is 35.9 Å². The van der Waals surface area contributed by atoms with E-state index >= 15 is 0 Å². The van der Waals surface area contributed by atoms with Crippen molar-refractivity contribution in [1.82, 2.24) is 0 Å². The van der Waals surface area contributed by atoms with Gasteiger partial charge in [-0.1, -0.05) is 29.3 Å². The molecule has 0 aliphatic heterocycles. The number of benzene rings is 2. The predicted octanol–water partition coefficient (Wildman–Crippen LogP) is 4.03. The third-order valence-electron chi connectivity index (χ3n) is 2.77. The van der Waals surface area contributed by atoms with Crippen LogP contribution in [0.1, 0.15) is 11.1 Å². The molecule has 2 aromatic rings. The Balaban J connectivity index is 2.55. The molecule has 0 saturated carbocycles. The number of rotatable bonds is 3. The van der Waals surface area contributed by atoms with Crippen LogP contribution in [0.3, 0.4) is 0 Å². The molecule has 0 aliphatic carbocycles. The zero-order chi connectivity index (χ0) is 15.6. The highest BCUT2D eigenvalue weighted by Gasteiger charge is 2.13. The number of aromatic hydroxyl groups is 2. The van der Waals surface area contributed by atoms with Gasteiger partial charge < -0.3 is 15.3 Å². The highest BCUT2D eigenvalue weighted by Crippen LogP contribution is 2.30. The zero-order valence-corrected chi connectivity index (χ0v) is 12.1. The average Bonchev–Trinajstić information content (AvgIpc) is 2.41. The highest BCUT2D eigenvalue weighted by molar-refractivity contribution is 6.42. The smallest absolute Gasteiger partial charge is 0.336 e. The maximum atomic E-state index is 11.4. The van der Waals surface area contributed by atoms with Gasteiger partial charge in [-0.15, -0.1) is 0 Å². The molecular formula is C15H10Cl2O4. The third kappa shape index (κ3) is 3.48. The summed E-state index contributed by atoms with van der Waals surface area (Å²) in [6.45, 7) is 0. The van der Waals surface area contributed by atoms with Crippen molar-refractivity contribution in [3.8, 4) is 11.5 Å². The number of phenols is 2. The van der Waals surface area contributed by atoms with Crippen molar-refractivity contribution in [1.29, 1.82) is 0 Å². The summed E-state index contributed by atoms with van der Waals surface area (Å²) in [6.07, 6.45) is 1.29. The van der Waals surface area contributed by atoms with E-state index in [0.29, 0.717) is 10.6 Å². The number of phenolic OH excluding ortho intramolecular Hbond substituents is 2. The Morgan fingerprint density at radius 2 is 1.71 bits per heavy atom. The molecule has 2 rings (SSSR count). The normalized spacial score (nSPS) is 11.4. The van der Waals surface area contributed by atoms with Gasteiger partial charge >= 0.3 is 5.97 Å². The second-order valence-electron chi connectivity index (χ2n) is 4.24. The Morgan fingerprint density at radius 1 is 1.00 bits per heavy atom. The first kappa shape index (κ1) is 15.2. The summed E-state index contributed by atoms with van der Waals surface area (Å²) in [4.78, 5) is 11.4. The molecule has 0 fully saturated rings. The Hall–Kier alpha value is -2.17. The van der Waals surface area contributed by atoms with E-state index in [-0.39, 0.29) is 27.7 Å². The van der Waals surface area contributed by atoms with Crippen LogP contribution in [0, 0.1) is 0 Å². The van der Waals surface area contributed by atoms with Crippen LogP contribution in [0.5, 0.6) is 11.5 Å². The van der Waals surface area contributed by atoms with Crippen LogP contribution in [0.4, 0.5) is 0 Å². The molecule has 0 aromatic heterocycles. The van der Waals surface area contributed by atoms with Crippen LogP contribution in [0.25, 0.3) is 11.6 Å². The summed E-state index contributed by atoms with van der Waals surface area (Å²) in [5.41, 5.74) is 0.551. The van der Waals surface area contributed by atoms with E-state index < -0.39 is 5.97 Å². The van der Waals surface area contributed by atoms with E-state index in [1.807, 2.05) is 0 Å². The van der Waals surface area contributed by atoms with Crippen LogP contribution in [0.2, 0.25) is 10.0 Å². The summed E-state index contributed by atoms with van der Waals surface area (Å²) in [5.74, 6) is -1.52. The molecule has 0 radical (unpaired) electrons. The predicted molar refractivity (Wildman–Crippen MR) is 81.7 cm³/mol. The largest absolute Gasteiger partial charge is 0.508 e. The fraction of sp³-hybridized carbons (Fsp3) is 0. The maximum absolute atomic E-state index is 11.4. The summed E-state index contributed by atoms with van der Waals surface area (Å²) in [7, 11) is 0. The highest BCUT2D eigenvalue weighted by atomic mass is 35.5. The van der Waals surface area contributed by atoms with Crippen LogP contribution in [0.15, 0.2) is 36.4 Å². The van der Waals surface area contributed by atoms with Crippen molar-refractivity contribution in [2.75, 3.05) is 0 Å². The molecule has 0 bridgehead atoms. The van der Waals surface area contributed by atoms with Crippen molar-refractivity contribution in [3.05, 3.63) is 57.6 Å². The molecule has 0 atom stereocenters. The van der Waals surface area contributed by atoms with Crippen LogP contribution < -0.4 is 0 Å². The lowest BCUT2D eigenvalue weighted by Crippen LogP contribution is -1.99. The number of hydrogen-bond donors (Lipinski definition) is 3. The Bertz CT molecular complexity index is 738. The van der Waals surface area contributed by atoms with Gasteiger partial charge in [-0.3, -0.25) is 0 Å². The van der Waals surface area contributed by atoms with E-state index in [1.54, 1.807) is 0 Å². The summed E-state index contributed by atoms with van der Waals surface area (Å²) < 4.78 is 0. The molecule has 0 spiro atoms. The molecule has 0 unspecified atom stereocenters. The molecule has 3 N–H and O–H groups in total. The summed E-state index contributed by atoms with van der Waals surface area (Å²) in [5, 5.41) is 28.8. The number of carboxylic acids is 1. The van der Waals surface area contributed by atoms with Gasteiger partial charge in [-0.25, -0.2) is 4.79 Å². The van der Waals surface area contributed by atoms with Gasteiger partial charge in [-0.2, -0.15) is 0 Å². The standard InChI is InChI=1S/C15H10Cl2O4/c16-12-4-2-8(6-13(12)17)11(15(20)21)5-9-1-3-10(18)7-14(9)19/h1-7,18-19H,(H,20,21)/b11-5-. The third-order valence-corrected chi connectivity index (χ3v) is 3.51. The lowest BCUT2D eigenvalue weighted by atomic mass is 10.0. The Labute approximate surface area is 130 Å². The van der Waals surface area contributed by atoms with Crippen LogP contribution in [-0.4, -0.2) is 21.3 Å². The molecule has 6 heteroatoms. The molecule has 0 aliphatic rings. The number of carboxylic acid groups (broad SMARTS) is 1. The maximum Gasteiger partial charge on any atom is 0.336 e. The first-order valence-electron chi connectivity index (χ1n) is 5.81. The van der Waals surface area contributed by atoms with Gasteiger partial charge in [0.15, 0.2) is 0 Å². The zero-order valence-electron chi connectivity index (χ0n) is 10.5. The van der Waals surface area contributed by atoms with Gasteiger partial charge in [0.2, 0.25) is 0 Å². The SMILES string of the molecule is O=C(O)/C(=C\c1ccc(O)cc1O)c1ccc(Cl)c(Cl)c1. The van der Waals surface area contributed by atoms with Crippen molar-refractivity contribution < 1.29 is 20.1 Å². The van der Waals surface area contributed by atoms with E-state index in [0.717, 1.165) is 6.07 Å². The Kier molecular flexibility index (Phi) is 4.40. The van der Waals surface area contributed by atoms with Crippen molar-refractivity contribution in [2.24, 2.45) is 0 Å². The fourth-order valence-corrected chi connectivity index (χ4v) is 2.04. The topological polar surface area (TPSA) is 77.8 Å². The second kappa shape index (κ2) is 6.08. The Morgan fingerprint density at radius 3 is 2.29 bits per heavy atom. The van der Waals surface area contributed by atoms with E-state index in [4.69, 9.17) is 23.2 Å². The number of carbonyl (C=O) groups is 1. The molecule has 0 saturated heterocycles. The molecule has 2 aromatic carbocycles. The molecule has 0 heterocycles. The first-order valence-corrected chi connectivity index (χ1v) is 6.56. The summed E-state index contributed by atoms with van der Waals surface area (Å²) >= 11 is 11.7. The molecular weight excluding hydrogens is 315 g/mol. The average molecular weight is 325 g/mol. The van der Waals surface area contributed by atoms with Gasteiger partial charge in [0, 0.05) is 11.6 Å². The van der Waals surface area contributed by atoms with Gasteiger partial charge in [0.05, 0.1) is 15.6 Å². The van der Waals surface area contributed by atoms with Gasteiger partial charge in [0.1, 0.15) is 11.5 Å². The van der Waals surface area contributed by atoms with E-state index in [1.165, 1.54) is 36.4 Å². The summed E-state index contributed by atoms with van der Waals surface area (Å²) in [6, 6.07) is 8.32. The number of hydrogen-bond acceptors (Lipinski definition) is 3. The lowest BCUT2D eigenvalue weighted by molar-refractivity contribution is -0.130. The van der Waals surface area contributed by atoms with Crippen molar-refractivity contribution in [2.45, 2.75) is 0 Å². The molecule has 21 heavy (non-hydrogen) atoms. The quantitative estimate of drug-likeness (QED) is 0.588. The first-order chi connectivity index (χ1) is 9.88. The number of halogens is 2. The van der Waals surface area contributed by atoms with Crippen molar-refractivity contribution in [3.63, 3.8) is 0 Å². The molecule has 0 amide bonds. The second-order valence-corrected chi connectivity index (χ2v) is 5.05. The van der Waals surface area contributed by atoms with Crippen LogP contribution in [-0.2, 0) is 4.79 Å². The minimum Gasteiger partial charge on any atom is -0.508 e. The molecule has 4 nitrogen and oxygen atoms in total. The van der Waals surface area contributed by atoms with Crippen LogP contribution >= 0.6 is 23.2 Å². The lowest BCUT2D eigenvalue weighted by Gasteiger charge is -2.06. The van der Waals surface area contributed by atoms with Gasteiger partial charge in [0.25, 0.3) is 0 Å². The monoisotopic (exact) mass is 324 g/mol. The minimum absolute atomic E-state index is 0.0606. The van der Waals surface area contributed by atoms with Crippen molar-refractivity contribution >= 4 is 40.8 Å². The van der Waals surface area contributed by atoms with E-state index in [9.17, 15) is 20.1 Å². The fourth-order valence-electron chi connectivity index (χ4n) is 1.74. The molecule has 108 valence electrons. The van der Waals surface area contributed by atoms with E-state index in [2.05, 4.69) is 0 Å². The minimum atomic E-state index is -1.18. The number of aliphatic carboxylic acids is 1.